The number of hydrogen-bond acceptors (Lipinski definition) is 5. The molecule has 0 aliphatic rings. The first-order valence-electron chi connectivity index (χ1n) is 32.7. The van der Waals surface area contributed by atoms with E-state index in [0.717, 1.165) is 51.4 Å². The molecule has 0 fully saturated rings. The molecule has 3 N–H and O–H groups in total. The van der Waals surface area contributed by atoms with Gasteiger partial charge in [0.1, 0.15) is 0 Å². The van der Waals surface area contributed by atoms with Crippen LogP contribution >= 0.6 is 0 Å². The van der Waals surface area contributed by atoms with E-state index in [0.29, 0.717) is 25.9 Å². The third-order valence-corrected chi connectivity index (χ3v) is 15.2. The summed E-state index contributed by atoms with van der Waals surface area (Å²) < 4.78 is 5.44. The van der Waals surface area contributed by atoms with Crippen LogP contribution in [0.15, 0.2) is 36.5 Å². The molecule has 0 bridgehead atoms. The molecule has 0 saturated heterocycles. The van der Waals surface area contributed by atoms with Gasteiger partial charge in [-0.1, -0.05) is 307 Å². The van der Waals surface area contributed by atoms with Crippen LogP contribution in [-0.4, -0.2) is 47.4 Å². The number of ether oxygens (including phenoxy) is 1. The minimum Gasteiger partial charge on any atom is -0.465 e. The maximum atomic E-state index is 12.5. The van der Waals surface area contributed by atoms with E-state index in [9.17, 15) is 19.8 Å². The predicted octanol–water partition coefficient (Wildman–Crippen LogP) is 20.8. The molecule has 1 amide bonds. The summed E-state index contributed by atoms with van der Waals surface area (Å²) in [5.74, 6) is -0.0729. The Kier molecular flexibility index (Phi) is 61.0. The van der Waals surface area contributed by atoms with Gasteiger partial charge in [0.25, 0.3) is 0 Å². The molecule has 6 heteroatoms. The average Bonchev–Trinajstić information content (AvgIpc) is 3.39. The van der Waals surface area contributed by atoms with Crippen LogP contribution in [0.25, 0.3) is 0 Å². The fourth-order valence-corrected chi connectivity index (χ4v) is 10.2. The summed E-state index contributed by atoms with van der Waals surface area (Å²) in [6, 6.07) is -0.546. The van der Waals surface area contributed by atoms with Gasteiger partial charge in [-0.25, -0.2) is 0 Å². The van der Waals surface area contributed by atoms with Crippen LogP contribution in [-0.2, 0) is 14.3 Å². The van der Waals surface area contributed by atoms with Gasteiger partial charge < -0.3 is 20.3 Å². The molecular formula is C67H127NO5. The van der Waals surface area contributed by atoms with Crippen molar-refractivity contribution in [3.8, 4) is 0 Å². The van der Waals surface area contributed by atoms with E-state index in [1.54, 1.807) is 0 Å². The monoisotopic (exact) mass is 1030 g/mol. The number of carbonyl (C=O) groups excluding carboxylic acids is 2. The Labute approximate surface area is 455 Å². The maximum Gasteiger partial charge on any atom is 0.305 e. The van der Waals surface area contributed by atoms with E-state index < -0.39 is 12.1 Å². The second-order valence-electron chi connectivity index (χ2n) is 22.4. The van der Waals surface area contributed by atoms with E-state index in [4.69, 9.17) is 4.74 Å². The summed E-state index contributed by atoms with van der Waals surface area (Å²) >= 11 is 0. The van der Waals surface area contributed by atoms with Crippen LogP contribution in [0.1, 0.15) is 354 Å². The minimum atomic E-state index is -0.668. The highest BCUT2D eigenvalue weighted by Crippen LogP contribution is 2.18. The Balaban J connectivity index is 3.44. The van der Waals surface area contributed by atoms with Crippen molar-refractivity contribution in [1.82, 2.24) is 5.32 Å². The molecule has 0 spiro atoms. The number of nitrogens with one attached hydrogen (secondary N) is 1. The van der Waals surface area contributed by atoms with Crippen molar-refractivity contribution < 1.29 is 24.5 Å². The Hall–Kier alpha value is -1.92. The number of esters is 1. The summed E-state index contributed by atoms with van der Waals surface area (Å²) in [7, 11) is 0. The van der Waals surface area contributed by atoms with Gasteiger partial charge in [0, 0.05) is 12.8 Å². The first-order valence-corrected chi connectivity index (χ1v) is 32.7. The highest BCUT2D eigenvalue weighted by molar-refractivity contribution is 5.76. The van der Waals surface area contributed by atoms with E-state index in [1.807, 2.05) is 0 Å². The van der Waals surface area contributed by atoms with E-state index in [1.165, 1.54) is 270 Å². The lowest BCUT2D eigenvalue weighted by Gasteiger charge is -2.22. The summed E-state index contributed by atoms with van der Waals surface area (Å²) in [5, 5.41) is 23.3. The van der Waals surface area contributed by atoms with Crippen LogP contribution in [0.4, 0.5) is 0 Å². The Morgan fingerprint density at radius 3 is 1.05 bits per heavy atom. The molecule has 0 rings (SSSR count). The van der Waals surface area contributed by atoms with Crippen molar-refractivity contribution in [2.75, 3.05) is 13.2 Å². The van der Waals surface area contributed by atoms with Crippen molar-refractivity contribution in [2.24, 2.45) is 0 Å². The van der Waals surface area contributed by atoms with Gasteiger partial charge in [0.15, 0.2) is 0 Å². The SMILES string of the molecule is CCCCCCCC/C=C\CCCCCCCCCCCC(=O)OCC/C=C\C/C=C\CCCCCCCCCCCCCCCCC(=O)NC(CO)C(O)CCCCCCCCCCCCCCCCCC. The number of aliphatic hydroxyl groups excluding tert-OH is 2. The number of unbranched alkanes of at least 4 members (excludes halogenated alkanes) is 44. The van der Waals surface area contributed by atoms with Gasteiger partial charge in [0.2, 0.25) is 5.91 Å². The van der Waals surface area contributed by atoms with E-state index >= 15 is 0 Å². The van der Waals surface area contributed by atoms with Gasteiger partial charge >= 0.3 is 5.97 Å². The summed E-state index contributed by atoms with van der Waals surface area (Å²) in [6.07, 6.45) is 78.9. The normalized spacial score (nSPS) is 12.8. The molecule has 0 saturated carbocycles. The number of aliphatic hydroxyl groups is 2. The zero-order chi connectivity index (χ0) is 52.9. The Morgan fingerprint density at radius 2 is 0.685 bits per heavy atom. The third-order valence-electron chi connectivity index (χ3n) is 15.2. The molecule has 0 aromatic heterocycles. The van der Waals surface area contributed by atoms with E-state index in [2.05, 4.69) is 55.6 Å². The second kappa shape index (κ2) is 62.6. The van der Waals surface area contributed by atoms with Crippen molar-refractivity contribution >= 4 is 11.9 Å². The minimum absolute atomic E-state index is 0.0352. The highest BCUT2D eigenvalue weighted by Gasteiger charge is 2.20. The molecule has 2 unspecified atom stereocenters. The maximum absolute atomic E-state index is 12.5. The molecule has 0 aromatic carbocycles. The highest BCUT2D eigenvalue weighted by atomic mass is 16.5. The smallest absolute Gasteiger partial charge is 0.305 e. The Bertz CT molecular complexity index is 1180. The van der Waals surface area contributed by atoms with Gasteiger partial charge in [-0.3, -0.25) is 9.59 Å². The fraction of sp³-hybridized carbons (Fsp3) is 0.881. The number of carbonyl (C=O) groups is 2. The quantitative estimate of drug-likeness (QED) is 0.0320. The average molecular weight is 1030 g/mol. The lowest BCUT2D eigenvalue weighted by Crippen LogP contribution is -2.45. The zero-order valence-electron chi connectivity index (χ0n) is 49.1. The van der Waals surface area contributed by atoms with Crippen molar-refractivity contribution in [3.05, 3.63) is 36.5 Å². The predicted molar refractivity (Wildman–Crippen MR) is 319 cm³/mol. The largest absolute Gasteiger partial charge is 0.465 e. The van der Waals surface area contributed by atoms with Crippen LogP contribution < -0.4 is 5.32 Å². The second-order valence-corrected chi connectivity index (χ2v) is 22.4. The van der Waals surface area contributed by atoms with Crippen LogP contribution in [0, 0.1) is 0 Å². The number of allylic oxidation sites excluding steroid dienone is 5. The molecule has 0 aliphatic carbocycles. The van der Waals surface area contributed by atoms with Crippen molar-refractivity contribution in [1.29, 1.82) is 0 Å². The van der Waals surface area contributed by atoms with E-state index in [-0.39, 0.29) is 18.5 Å². The zero-order valence-corrected chi connectivity index (χ0v) is 49.1. The summed E-state index contributed by atoms with van der Waals surface area (Å²) in [5.41, 5.74) is 0. The van der Waals surface area contributed by atoms with Crippen molar-refractivity contribution in [3.63, 3.8) is 0 Å². The molecular weight excluding hydrogens is 899 g/mol. The van der Waals surface area contributed by atoms with Crippen LogP contribution in [0.5, 0.6) is 0 Å². The lowest BCUT2D eigenvalue weighted by atomic mass is 10.0. The number of rotatable bonds is 61. The molecule has 6 nitrogen and oxygen atoms in total. The molecule has 0 aromatic rings. The molecule has 2 atom stereocenters. The summed E-state index contributed by atoms with van der Waals surface area (Å²) in [6.45, 7) is 4.86. The first kappa shape index (κ1) is 71.1. The molecule has 0 heterocycles. The molecule has 73 heavy (non-hydrogen) atoms. The number of amides is 1. The molecule has 0 radical (unpaired) electrons. The number of hydrogen-bond donors (Lipinski definition) is 3. The van der Waals surface area contributed by atoms with Gasteiger partial charge in [0.05, 0.1) is 25.4 Å². The lowest BCUT2D eigenvalue weighted by molar-refractivity contribution is -0.143. The fourth-order valence-electron chi connectivity index (χ4n) is 10.2. The standard InChI is InChI=1S/C67H127NO5/c1-3-5-7-9-11-13-15-17-19-21-25-29-33-37-41-45-49-53-57-61-67(72)73-62-58-54-50-46-42-38-34-30-27-24-22-23-26-28-32-36-40-44-48-52-56-60-66(71)68-64(63-69)65(70)59-55-51-47-43-39-35-31-20-18-16-14-12-10-8-6-4-2/h17,19,38,42,50,54,64-65,69-70H,3-16,18,20-37,39-41,43-49,51-53,55-63H2,1-2H3,(H,68,71)/b19-17-,42-38-,54-50-. The topological polar surface area (TPSA) is 95.9 Å². The van der Waals surface area contributed by atoms with Gasteiger partial charge in [-0.05, 0) is 70.6 Å². The van der Waals surface area contributed by atoms with Crippen LogP contribution in [0.2, 0.25) is 0 Å². The van der Waals surface area contributed by atoms with Crippen molar-refractivity contribution in [2.45, 2.75) is 366 Å². The third kappa shape index (κ3) is 59.2. The van der Waals surface area contributed by atoms with Gasteiger partial charge in [-0.2, -0.15) is 0 Å². The summed E-state index contributed by atoms with van der Waals surface area (Å²) in [4.78, 5) is 24.6. The molecule has 0 aliphatic heterocycles. The Morgan fingerprint density at radius 1 is 0.384 bits per heavy atom. The molecule has 430 valence electrons. The first-order chi connectivity index (χ1) is 36.0. The van der Waals surface area contributed by atoms with Gasteiger partial charge in [-0.15, -0.1) is 0 Å². The van der Waals surface area contributed by atoms with Crippen LogP contribution in [0.3, 0.4) is 0 Å².